The van der Waals surface area contributed by atoms with Crippen LogP contribution in [-0.2, 0) is 23.5 Å². The van der Waals surface area contributed by atoms with Gasteiger partial charge in [0.15, 0.2) is 8.32 Å². The average Bonchev–Trinajstić information content (AvgIpc) is 3.01. The van der Waals surface area contributed by atoms with E-state index in [1.807, 2.05) is 0 Å². The number of carbonyl (C=O) groups is 2. The topological polar surface area (TPSA) is 61.8 Å². The maximum Gasteiger partial charge on any atom is 0.302 e. The molecule has 4 fully saturated rings. The second kappa shape index (κ2) is 8.72. The first-order valence-corrected chi connectivity index (χ1v) is 16.3. The summed E-state index contributed by atoms with van der Waals surface area (Å²) < 4.78 is 18.2. The van der Waals surface area contributed by atoms with E-state index in [2.05, 4.69) is 26.6 Å². The van der Waals surface area contributed by atoms with Crippen LogP contribution in [0, 0.1) is 34.5 Å². The second-order valence-electron chi connectivity index (χ2n) is 12.5. The van der Waals surface area contributed by atoms with Crippen molar-refractivity contribution in [3.8, 4) is 0 Å². The normalized spacial score (nSPS) is 43.6. The summed E-state index contributed by atoms with van der Waals surface area (Å²) in [6.07, 6.45) is 10.2. The van der Waals surface area contributed by atoms with Gasteiger partial charge in [0.25, 0.3) is 0 Å². The van der Waals surface area contributed by atoms with Crippen molar-refractivity contribution in [2.75, 3.05) is 6.61 Å². The van der Waals surface area contributed by atoms with Crippen molar-refractivity contribution in [3.63, 3.8) is 0 Å². The molecule has 8 atom stereocenters. The van der Waals surface area contributed by atoms with Gasteiger partial charge in [0.05, 0.1) is 0 Å². The van der Waals surface area contributed by atoms with E-state index in [1.165, 1.54) is 32.6 Å². The third kappa shape index (κ3) is 4.43. The monoisotopic (exact) mass is 464 g/mol. The lowest BCUT2D eigenvalue weighted by Crippen LogP contribution is -2.58. The van der Waals surface area contributed by atoms with E-state index in [4.69, 9.17) is 13.9 Å². The molecule has 182 valence electrons. The molecular formula is C26H44O5Si. The Hall–Kier alpha value is -0.883. The molecule has 4 rings (SSSR count). The minimum Gasteiger partial charge on any atom is -0.463 e. The molecule has 0 radical (unpaired) electrons. The van der Waals surface area contributed by atoms with Gasteiger partial charge in [-0.3, -0.25) is 9.59 Å². The van der Waals surface area contributed by atoms with Gasteiger partial charge in [-0.1, -0.05) is 6.92 Å². The smallest absolute Gasteiger partial charge is 0.302 e. The van der Waals surface area contributed by atoms with Crippen LogP contribution >= 0.6 is 0 Å². The fourth-order valence-corrected chi connectivity index (χ4v) is 9.03. The molecule has 0 spiro atoms. The zero-order valence-electron chi connectivity index (χ0n) is 21.1. The van der Waals surface area contributed by atoms with E-state index in [1.54, 1.807) is 6.92 Å². The van der Waals surface area contributed by atoms with E-state index < -0.39 is 8.32 Å². The van der Waals surface area contributed by atoms with Crippen LogP contribution in [-0.4, -0.2) is 39.1 Å². The molecule has 5 nitrogen and oxygen atoms in total. The Kier molecular flexibility index (Phi) is 6.61. The van der Waals surface area contributed by atoms with Crippen LogP contribution in [0.1, 0.15) is 78.6 Å². The Labute approximate surface area is 195 Å². The van der Waals surface area contributed by atoms with Gasteiger partial charge < -0.3 is 13.9 Å². The van der Waals surface area contributed by atoms with Gasteiger partial charge in [-0.25, -0.2) is 0 Å². The summed E-state index contributed by atoms with van der Waals surface area (Å²) >= 11 is 0. The number of carbonyl (C=O) groups excluding carboxylic acids is 2. The van der Waals surface area contributed by atoms with Gasteiger partial charge in [0.2, 0.25) is 0 Å². The quantitative estimate of drug-likeness (QED) is 0.384. The molecule has 0 aromatic carbocycles. The fourth-order valence-electron chi connectivity index (χ4n) is 8.33. The van der Waals surface area contributed by atoms with Gasteiger partial charge >= 0.3 is 11.9 Å². The maximum absolute atomic E-state index is 11.8. The van der Waals surface area contributed by atoms with E-state index in [0.29, 0.717) is 23.7 Å². The average molecular weight is 465 g/mol. The standard InChI is InChI=1S/C26H44O5Si/c1-17(27)30-20-11-14-26(16-29-32(4,5)6)19(15-20)7-8-21-22-9-10-24(31-18(2)28)25(22,3)13-12-23(21)26/h19-24H,7-16H2,1-6H3/t19-,20-,21-,22-,23-,24-,25-,26+/m0/s1. The first-order valence-electron chi connectivity index (χ1n) is 12.9. The predicted octanol–water partition coefficient (Wildman–Crippen LogP) is 5.72. The van der Waals surface area contributed by atoms with Crippen LogP contribution in [0.25, 0.3) is 0 Å². The van der Waals surface area contributed by atoms with E-state index in [-0.39, 0.29) is 35.0 Å². The van der Waals surface area contributed by atoms with Gasteiger partial charge in [0, 0.05) is 25.9 Å². The van der Waals surface area contributed by atoms with Crippen LogP contribution in [0.4, 0.5) is 0 Å². The second-order valence-corrected chi connectivity index (χ2v) is 17.0. The molecule has 0 N–H and O–H groups in total. The first-order chi connectivity index (χ1) is 14.9. The van der Waals surface area contributed by atoms with Crippen LogP contribution in [0.3, 0.4) is 0 Å². The Morgan fingerprint density at radius 2 is 1.59 bits per heavy atom. The number of fused-ring (bicyclic) bond motifs is 5. The molecule has 4 saturated carbocycles. The molecule has 4 aliphatic carbocycles. The van der Waals surface area contributed by atoms with Crippen molar-refractivity contribution >= 4 is 20.3 Å². The maximum atomic E-state index is 11.8. The Morgan fingerprint density at radius 3 is 2.25 bits per heavy atom. The number of esters is 2. The summed E-state index contributed by atoms with van der Waals surface area (Å²) in [5.74, 6) is 2.30. The minimum atomic E-state index is -1.64. The van der Waals surface area contributed by atoms with E-state index >= 15 is 0 Å². The molecule has 4 aliphatic rings. The minimum absolute atomic E-state index is 0.0720. The Balaban J connectivity index is 1.59. The highest BCUT2D eigenvalue weighted by molar-refractivity contribution is 6.69. The van der Waals surface area contributed by atoms with Gasteiger partial charge in [0.1, 0.15) is 12.2 Å². The largest absolute Gasteiger partial charge is 0.463 e. The fraction of sp³-hybridized carbons (Fsp3) is 0.923. The lowest BCUT2D eigenvalue weighted by molar-refractivity contribution is -0.176. The summed E-state index contributed by atoms with van der Waals surface area (Å²) in [5.41, 5.74) is 0.329. The molecular weight excluding hydrogens is 420 g/mol. The molecule has 6 heteroatoms. The molecule has 0 saturated heterocycles. The predicted molar refractivity (Wildman–Crippen MR) is 126 cm³/mol. The van der Waals surface area contributed by atoms with Crippen molar-refractivity contribution < 1.29 is 23.5 Å². The molecule has 0 unspecified atom stereocenters. The zero-order chi connectivity index (χ0) is 23.3. The van der Waals surface area contributed by atoms with Gasteiger partial charge in [-0.15, -0.1) is 0 Å². The van der Waals surface area contributed by atoms with E-state index in [0.717, 1.165) is 38.7 Å². The summed E-state index contributed by atoms with van der Waals surface area (Å²) in [6, 6.07) is 0. The highest BCUT2D eigenvalue weighted by Crippen LogP contribution is 2.67. The van der Waals surface area contributed by atoms with Crippen molar-refractivity contribution in [1.82, 2.24) is 0 Å². The van der Waals surface area contributed by atoms with Gasteiger partial charge in [-0.05, 0) is 107 Å². The molecule has 0 aromatic heterocycles. The van der Waals surface area contributed by atoms with Gasteiger partial charge in [-0.2, -0.15) is 0 Å². The lowest BCUT2D eigenvalue weighted by Gasteiger charge is -2.62. The molecule has 0 aliphatic heterocycles. The third-order valence-electron chi connectivity index (χ3n) is 9.64. The summed E-state index contributed by atoms with van der Waals surface area (Å²) in [6.45, 7) is 13.2. The van der Waals surface area contributed by atoms with E-state index in [9.17, 15) is 9.59 Å². The molecule has 0 bridgehead atoms. The SMILES string of the molecule is CC(=O)O[C@H]1CC[C@@]2(CO[Si](C)(C)C)[C@@H](CC[C@H]3[C@@H]4CC[C@H](OC(C)=O)[C@@]4(C)CC[C@@H]32)C1. The lowest BCUT2D eigenvalue weighted by atomic mass is 9.44. The zero-order valence-corrected chi connectivity index (χ0v) is 22.1. The molecule has 0 aromatic rings. The molecule has 0 heterocycles. The number of ether oxygens (including phenoxy) is 2. The van der Waals surface area contributed by atoms with Crippen molar-refractivity contribution in [1.29, 1.82) is 0 Å². The number of rotatable bonds is 5. The Bertz CT molecular complexity index is 732. The summed E-state index contributed by atoms with van der Waals surface area (Å²) in [5, 5.41) is 0. The van der Waals surface area contributed by atoms with Crippen LogP contribution in [0.5, 0.6) is 0 Å². The summed E-state index contributed by atoms with van der Waals surface area (Å²) in [7, 11) is -1.64. The highest BCUT2D eigenvalue weighted by Gasteiger charge is 2.62. The van der Waals surface area contributed by atoms with Crippen LogP contribution in [0.2, 0.25) is 19.6 Å². The molecule has 32 heavy (non-hydrogen) atoms. The van der Waals surface area contributed by atoms with Crippen molar-refractivity contribution in [2.24, 2.45) is 34.5 Å². The third-order valence-corrected chi connectivity index (χ3v) is 10.7. The van der Waals surface area contributed by atoms with Crippen molar-refractivity contribution in [3.05, 3.63) is 0 Å². The number of hydrogen-bond donors (Lipinski definition) is 0. The molecule has 0 amide bonds. The summed E-state index contributed by atoms with van der Waals surface area (Å²) in [4.78, 5) is 23.4. The van der Waals surface area contributed by atoms with Crippen molar-refractivity contribution in [2.45, 2.75) is 110 Å². The first kappa shape index (κ1) is 24.2. The van der Waals surface area contributed by atoms with Crippen LogP contribution in [0.15, 0.2) is 0 Å². The number of hydrogen-bond acceptors (Lipinski definition) is 5. The Morgan fingerprint density at radius 1 is 0.875 bits per heavy atom. The highest BCUT2D eigenvalue weighted by atomic mass is 28.4. The van der Waals surface area contributed by atoms with Crippen LogP contribution < -0.4 is 0 Å².